The quantitative estimate of drug-likeness (QED) is 0.692. The fourth-order valence-electron chi connectivity index (χ4n) is 1.82. The Labute approximate surface area is 106 Å². The van der Waals surface area contributed by atoms with E-state index in [4.69, 9.17) is 0 Å². The maximum atomic E-state index is 4.29. The second kappa shape index (κ2) is 5.33. The largest absolute Gasteiger partial charge is 0.158 e. The second-order valence-corrected chi connectivity index (χ2v) is 6.18. The van der Waals surface area contributed by atoms with Crippen LogP contribution in [0.25, 0.3) is 0 Å². The first-order chi connectivity index (χ1) is 8.15. The van der Waals surface area contributed by atoms with E-state index in [1.165, 1.54) is 21.6 Å². The molecule has 2 rings (SSSR count). The monoisotopic (exact) mass is 242 g/mol. The van der Waals surface area contributed by atoms with Gasteiger partial charge in [-0.2, -0.15) is 10.5 Å². The maximum absolute atomic E-state index is 4.29. The fourth-order valence-corrected chi connectivity index (χ4v) is 3.09. The van der Waals surface area contributed by atoms with Gasteiger partial charge in [-0.25, -0.2) is 0 Å². The molecule has 0 saturated heterocycles. The lowest BCUT2D eigenvalue weighted by Gasteiger charge is -2.09. The van der Waals surface area contributed by atoms with Gasteiger partial charge in [0.1, 0.15) is 0 Å². The maximum Gasteiger partial charge on any atom is 0.0173 e. The third-order valence-corrected chi connectivity index (χ3v) is 4.40. The van der Waals surface area contributed by atoms with Gasteiger partial charge in [0.15, 0.2) is 0 Å². The minimum Gasteiger partial charge on any atom is -0.158 e. The molecule has 88 valence electrons. The number of aryl methyl sites for hydroxylation is 2. The zero-order valence-electron chi connectivity index (χ0n) is 10.4. The Morgan fingerprint density at radius 2 is 1.65 bits per heavy atom. The van der Waals surface area contributed by atoms with Crippen molar-refractivity contribution in [3.8, 4) is 0 Å². The molecule has 0 radical (unpaired) electrons. The lowest BCUT2D eigenvalue weighted by molar-refractivity contribution is 1.33. The molecule has 1 heteroatoms. The van der Waals surface area contributed by atoms with E-state index < -0.39 is 0 Å². The van der Waals surface area contributed by atoms with Crippen molar-refractivity contribution in [2.75, 3.05) is 0 Å². The molecule has 2 aromatic carbocycles. The molecule has 0 fully saturated rings. The van der Waals surface area contributed by atoms with E-state index in [0.717, 1.165) is 5.75 Å². The van der Waals surface area contributed by atoms with Gasteiger partial charge >= 0.3 is 0 Å². The van der Waals surface area contributed by atoms with Gasteiger partial charge in [0, 0.05) is 10.6 Å². The first-order valence-corrected chi connectivity index (χ1v) is 7.34. The van der Waals surface area contributed by atoms with Crippen molar-refractivity contribution in [2.45, 2.75) is 24.5 Å². The zero-order chi connectivity index (χ0) is 12.3. The summed E-state index contributed by atoms with van der Waals surface area (Å²) in [6, 6.07) is 17.4. The van der Waals surface area contributed by atoms with Crippen molar-refractivity contribution in [3.63, 3.8) is 0 Å². The molecule has 2 aromatic rings. The molecular formula is C16H18S. The summed E-state index contributed by atoms with van der Waals surface area (Å²) in [4.78, 5) is 1.34. The predicted molar refractivity (Wildman–Crippen MR) is 79.0 cm³/mol. The Hall–Kier alpha value is -1.34. The molecular weight excluding hydrogens is 224 g/mol. The average molecular weight is 242 g/mol. The predicted octanol–water partition coefficient (Wildman–Crippen LogP) is 4.56. The molecule has 17 heavy (non-hydrogen) atoms. The van der Waals surface area contributed by atoms with Crippen LogP contribution in [-0.4, -0.2) is 5.87 Å². The van der Waals surface area contributed by atoms with Crippen LogP contribution in [0.2, 0.25) is 0 Å². The number of hydrogen-bond acceptors (Lipinski definition) is 0. The van der Waals surface area contributed by atoms with Gasteiger partial charge < -0.3 is 0 Å². The van der Waals surface area contributed by atoms with E-state index in [1.807, 2.05) is 0 Å². The standard InChI is InChI=1S/C16H18S/c1-13-7-9-16(10-8-13)17(3)12-15-6-4-5-14(2)11-15/h4-11H,3,12H2,1-2H3. The van der Waals surface area contributed by atoms with Crippen molar-refractivity contribution in [1.82, 2.24) is 0 Å². The van der Waals surface area contributed by atoms with Crippen molar-refractivity contribution >= 4 is 16.4 Å². The third-order valence-electron chi connectivity index (χ3n) is 2.78. The minimum atomic E-state index is 0.0491. The van der Waals surface area contributed by atoms with Crippen LogP contribution in [0.4, 0.5) is 0 Å². The lowest BCUT2D eigenvalue weighted by Crippen LogP contribution is -1.85. The smallest absolute Gasteiger partial charge is 0.0173 e. The number of rotatable bonds is 3. The van der Waals surface area contributed by atoms with Crippen LogP contribution in [-0.2, 0) is 5.75 Å². The summed E-state index contributed by atoms with van der Waals surface area (Å²) >= 11 is 0. The highest BCUT2D eigenvalue weighted by atomic mass is 32.2. The summed E-state index contributed by atoms with van der Waals surface area (Å²) in [5.74, 6) is 5.32. The van der Waals surface area contributed by atoms with Crippen LogP contribution >= 0.6 is 10.5 Å². The van der Waals surface area contributed by atoms with Gasteiger partial charge in [0.25, 0.3) is 0 Å². The van der Waals surface area contributed by atoms with E-state index >= 15 is 0 Å². The molecule has 1 atom stereocenters. The van der Waals surface area contributed by atoms with Gasteiger partial charge in [0.2, 0.25) is 0 Å². The summed E-state index contributed by atoms with van der Waals surface area (Å²) in [5.41, 5.74) is 4.01. The van der Waals surface area contributed by atoms with Crippen molar-refractivity contribution < 1.29 is 0 Å². The Morgan fingerprint density at radius 3 is 2.29 bits per heavy atom. The highest BCUT2D eigenvalue weighted by Crippen LogP contribution is 2.29. The number of hydrogen-bond donors (Lipinski definition) is 0. The third kappa shape index (κ3) is 3.31. The van der Waals surface area contributed by atoms with Gasteiger partial charge in [-0.1, -0.05) is 53.4 Å². The van der Waals surface area contributed by atoms with Gasteiger partial charge in [-0.3, -0.25) is 0 Å². The van der Waals surface area contributed by atoms with Crippen LogP contribution in [0, 0.1) is 13.8 Å². The topological polar surface area (TPSA) is 0 Å². The van der Waals surface area contributed by atoms with E-state index in [9.17, 15) is 0 Å². The van der Waals surface area contributed by atoms with Crippen molar-refractivity contribution in [3.05, 3.63) is 65.2 Å². The molecule has 0 bridgehead atoms. The zero-order valence-corrected chi connectivity index (χ0v) is 11.3. The van der Waals surface area contributed by atoms with E-state index in [1.54, 1.807) is 0 Å². The van der Waals surface area contributed by atoms with Crippen LogP contribution in [0.3, 0.4) is 0 Å². The van der Waals surface area contributed by atoms with E-state index in [0.29, 0.717) is 0 Å². The molecule has 0 aliphatic heterocycles. The molecule has 0 saturated carbocycles. The van der Waals surface area contributed by atoms with Crippen LogP contribution in [0.5, 0.6) is 0 Å². The van der Waals surface area contributed by atoms with Crippen molar-refractivity contribution in [2.24, 2.45) is 0 Å². The van der Waals surface area contributed by atoms with Gasteiger partial charge in [-0.15, -0.1) is 0 Å². The summed E-state index contributed by atoms with van der Waals surface area (Å²) in [5, 5.41) is 0. The molecule has 0 aliphatic carbocycles. The van der Waals surface area contributed by atoms with E-state index in [-0.39, 0.29) is 10.5 Å². The number of benzene rings is 2. The first kappa shape index (κ1) is 12.1. The Morgan fingerprint density at radius 1 is 0.941 bits per heavy atom. The van der Waals surface area contributed by atoms with Crippen LogP contribution in [0.1, 0.15) is 16.7 Å². The van der Waals surface area contributed by atoms with Crippen LogP contribution < -0.4 is 0 Å². The second-order valence-electron chi connectivity index (χ2n) is 4.44. The molecule has 0 aliphatic rings. The van der Waals surface area contributed by atoms with Crippen LogP contribution in [0.15, 0.2) is 53.4 Å². The normalized spacial score (nSPS) is 12.4. The molecule has 0 spiro atoms. The summed E-state index contributed by atoms with van der Waals surface area (Å²) in [6.45, 7) is 4.25. The molecule has 0 nitrogen and oxygen atoms in total. The molecule has 1 unspecified atom stereocenters. The Bertz CT molecular complexity index is 523. The molecule has 0 amide bonds. The highest BCUT2D eigenvalue weighted by molar-refractivity contribution is 8.13. The lowest BCUT2D eigenvalue weighted by atomic mass is 10.2. The van der Waals surface area contributed by atoms with Crippen molar-refractivity contribution in [1.29, 1.82) is 0 Å². The Kier molecular flexibility index (Phi) is 3.80. The van der Waals surface area contributed by atoms with Gasteiger partial charge in [-0.05, 0) is 31.5 Å². The molecule has 0 aromatic heterocycles. The summed E-state index contributed by atoms with van der Waals surface area (Å²) < 4.78 is 0. The highest BCUT2D eigenvalue weighted by Gasteiger charge is 1.99. The Balaban J connectivity index is 2.14. The first-order valence-electron chi connectivity index (χ1n) is 5.78. The minimum absolute atomic E-state index is 0.0491. The van der Waals surface area contributed by atoms with Gasteiger partial charge in [0.05, 0.1) is 0 Å². The average Bonchev–Trinajstić information content (AvgIpc) is 2.29. The SMILES string of the molecule is C=S(Cc1cccc(C)c1)c1ccc(C)cc1. The molecule has 0 heterocycles. The summed E-state index contributed by atoms with van der Waals surface area (Å²) in [6.07, 6.45) is 0. The fraction of sp³-hybridized carbons (Fsp3) is 0.188. The van der Waals surface area contributed by atoms with E-state index in [2.05, 4.69) is 68.2 Å². The molecule has 0 N–H and O–H groups in total. The summed E-state index contributed by atoms with van der Waals surface area (Å²) in [7, 11) is 0.0491.